The van der Waals surface area contributed by atoms with Crippen LogP contribution in [0.3, 0.4) is 0 Å². The van der Waals surface area contributed by atoms with Crippen molar-refractivity contribution in [2.75, 3.05) is 11.4 Å². The first-order valence-corrected chi connectivity index (χ1v) is 7.61. The number of hydrogen-bond donors (Lipinski definition) is 1. The lowest BCUT2D eigenvalue weighted by Gasteiger charge is -2.32. The van der Waals surface area contributed by atoms with Crippen molar-refractivity contribution in [2.45, 2.75) is 25.4 Å². The smallest absolute Gasteiger partial charge is 0.244 e. The quantitative estimate of drug-likeness (QED) is 0.932. The van der Waals surface area contributed by atoms with E-state index >= 15 is 0 Å². The van der Waals surface area contributed by atoms with Gasteiger partial charge in [0, 0.05) is 24.7 Å². The van der Waals surface area contributed by atoms with Gasteiger partial charge in [-0.2, -0.15) is 0 Å². The molecule has 3 heterocycles. The predicted octanol–water partition coefficient (Wildman–Crippen LogP) is 1.82. The molecule has 1 aliphatic heterocycles. The molecule has 1 fully saturated rings. The van der Waals surface area contributed by atoms with Gasteiger partial charge in [0.05, 0.1) is 29.1 Å². The number of carbonyl (C=O) groups excluding carboxylic acids is 1. The van der Waals surface area contributed by atoms with Crippen LogP contribution in [-0.4, -0.2) is 28.5 Å². The highest BCUT2D eigenvalue weighted by Gasteiger charge is 2.29. The molecule has 0 spiro atoms. The second kappa shape index (κ2) is 6.11. The average Bonchev–Trinajstić information content (AvgIpc) is 3.00. The van der Waals surface area contributed by atoms with Crippen molar-refractivity contribution in [1.29, 1.82) is 0 Å². The number of thiazole rings is 1. The normalized spacial score (nSPS) is 19.3. The fraction of sp³-hybridized carbons (Fsp3) is 0.357. The lowest BCUT2D eigenvalue weighted by atomic mass is 10.0. The number of aromatic nitrogens is 2. The molecule has 20 heavy (non-hydrogen) atoms. The summed E-state index contributed by atoms with van der Waals surface area (Å²) in [4.78, 5) is 22.6. The summed E-state index contributed by atoms with van der Waals surface area (Å²) in [6, 6.07) is 3.65. The molecule has 104 valence electrons. The van der Waals surface area contributed by atoms with Gasteiger partial charge >= 0.3 is 0 Å². The monoisotopic (exact) mass is 288 g/mol. The van der Waals surface area contributed by atoms with Crippen molar-refractivity contribution in [3.8, 4) is 0 Å². The van der Waals surface area contributed by atoms with Gasteiger partial charge in [0.25, 0.3) is 0 Å². The van der Waals surface area contributed by atoms with Crippen molar-refractivity contribution in [3.63, 3.8) is 0 Å². The van der Waals surface area contributed by atoms with Gasteiger partial charge in [0.2, 0.25) is 5.91 Å². The lowest BCUT2D eigenvalue weighted by Crippen LogP contribution is -2.50. The zero-order valence-corrected chi connectivity index (χ0v) is 11.8. The van der Waals surface area contributed by atoms with Crippen LogP contribution < -0.4 is 10.2 Å². The van der Waals surface area contributed by atoms with E-state index in [4.69, 9.17) is 0 Å². The Hall–Kier alpha value is -1.79. The molecule has 0 saturated carbocycles. The number of nitrogens with one attached hydrogen (secondary N) is 1. The first kappa shape index (κ1) is 13.2. The van der Waals surface area contributed by atoms with Crippen molar-refractivity contribution in [2.24, 2.45) is 0 Å². The topological polar surface area (TPSA) is 58.1 Å². The Labute approximate surface area is 121 Å². The highest BCUT2D eigenvalue weighted by molar-refractivity contribution is 7.07. The first-order chi connectivity index (χ1) is 9.84. The fourth-order valence-electron chi connectivity index (χ4n) is 2.39. The number of anilines is 1. The lowest BCUT2D eigenvalue weighted by molar-refractivity contribution is -0.121. The van der Waals surface area contributed by atoms with Crippen molar-refractivity contribution >= 4 is 22.9 Å². The zero-order valence-electron chi connectivity index (χ0n) is 11.0. The number of rotatable bonds is 4. The molecule has 3 rings (SSSR count). The minimum Gasteiger partial charge on any atom is -0.310 e. The second-order valence-corrected chi connectivity index (χ2v) is 5.48. The van der Waals surface area contributed by atoms with Crippen molar-refractivity contribution in [1.82, 2.24) is 15.3 Å². The van der Waals surface area contributed by atoms with E-state index in [1.807, 2.05) is 27.9 Å². The van der Waals surface area contributed by atoms with Gasteiger partial charge in [-0.25, -0.2) is 4.98 Å². The molecule has 1 amide bonds. The second-order valence-electron chi connectivity index (χ2n) is 4.76. The van der Waals surface area contributed by atoms with Crippen LogP contribution in [0.15, 0.2) is 35.4 Å². The Morgan fingerprint density at radius 3 is 3.20 bits per heavy atom. The first-order valence-electron chi connectivity index (χ1n) is 6.66. The highest BCUT2D eigenvalue weighted by atomic mass is 32.1. The standard InChI is InChI=1S/C14H16N4OS/c19-14-13(16-7-11-9-20-10-17-11)4-2-6-18(14)12-3-1-5-15-8-12/h1,3,5,8-10,13,16H,2,4,6-7H2. The van der Waals surface area contributed by atoms with E-state index in [1.54, 1.807) is 23.7 Å². The average molecular weight is 288 g/mol. The van der Waals surface area contributed by atoms with E-state index in [0.717, 1.165) is 30.8 Å². The molecular formula is C14H16N4OS. The summed E-state index contributed by atoms with van der Waals surface area (Å²) < 4.78 is 0. The molecule has 0 radical (unpaired) electrons. The summed E-state index contributed by atoms with van der Waals surface area (Å²) in [6.07, 6.45) is 5.33. The van der Waals surface area contributed by atoms with Crippen LogP contribution in [0, 0.1) is 0 Å². The minimum atomic E-state index is -0.134. The molecule has 1 aliphatic rings. The Balaban J connectivity index is 1.66. The molecule has 6 heteroatoms. The predicted molar refractivity (Wildman–Crippen MR) is 78.6 cm³/mol. The third-order valence-corrected chi connectivity index (χ3v) is 4.04. The van der Waals surface area contributed by atoms with Gasteiger partial charge < -0.3 is 10.2 Å². The summed E-state index contributed by atoms with van der Waals surface area (Å²) in [6.45, 7) is 1.40. The maximum absolute atomic E-state index is 12.5. The Bertz CT molecular complexity index is 558. The van der Waals surface area contributed by atoms with Gasteiger partial charge in [-0.05, 0) is 25.0 Å². The van der Waals surface area contributed by atoms with Crippen LogP contribution in [0.5, 0.6) is 0 Å². The van der Waals surface area contributed by atoms with Crippen LogP contribution in [0.2, 0.25) is 0 Å². The van der Waals surface area contributed by atoms with E-state index in [0.29, 0.717) is 6.54 Å². The van der Waals surface area contributed by atoms with E-state index < -0.39 is 0 Å². The number of carbonyl (C=O) groups is 1. The maximum Gasteiger partial charge on any atom is 0.244 e. The number of amides is 1. The summed E-state index contributed by atoms with van der Waals surface area (Å²) in [5, 5.41) is 5.31. The molecular weight excluding hydrogens is 272 g/mol. The number of piperidine rings is 1. The Kier molecular flexibility index (Phi) is 4.03. The van der Waals surface area contributed by atoms with E-state index in [2.05, 4.69) is 15.3 Å². The van der Waals surface area contributed by atoms with E-state index in [-0.39, 0.29) is 11.9 Å². The van der Waals surface area contributed by atoms with Crippen LogP contribution in [0.25, 0.3) is 0 Å². The van der Waals surface area contributed by atoms with E-state index in [1.165, 1.54) is 0 Å². The Morgan fingerprint density at radius 2 is 2.45 bits per heavy atom. The SMILES string of the molecule is O=C1C(NCc2cscn2)CCCN1c1cccnc1. The van der Waals surface area contributed by atoms with E-state index in [9.17, 15) is 4.79 Å². The van der Waals surface area contributed by atoms with Gasteiger partial charge in [0.1, 0.15) is 0 Å². The molecule has 2 aromatic rings. The van der Waals surface area contributed by atoms with Gasteiger partial charge in [-0.3, -0.25) is 9.78 Å². The van der Waals surface area contributed by atoms with Gasteiger partial charge in [-0.1, -0.05) is 0 Å². The molecule has 1 unspecified atom stereocenters. The molecule has 0 aliphatic carbocycles. The number of hydrogen-bond acceptors (Lipinski definition) is 5. The third-order valence-electron chi connectivity index (χ3n) is 3.41. The number of pyridine rings is 1. The molecule has 5 nitrogen and oxygen atoms in total. The molecule has 1 atom stereocenters. The molecule has 0 bridgehead atoms. The van der Waals surface area contributed by atoms with Gasteiger partial charge in [0.15, 0.2) is 0 Å². The molecule has 2 aromatic heterocycles. The third kappa shape index (κ3) is 2.86. The highest BCUT2D eigenvalue weighted by Crippen LogP contribution is 2.20. The van der Waals surface area contributed by atoms with Crippen LogP contribution in [-0.2, 0) is 11.3 Å². The molecule has 1 N–H and O–H groups in total. The zero-order chi connectivity index (χ0) is 13.8. The van der Waals surface area contributed by atoms with Gasteiger partial charge in [-0.15, -0.1) is 11.3 Å². The van der Waals surface area contributed by atoms with Crippen LogP contribution in [0.4, 0.5) is 5.69 Å². The maximum atomic E-state index is 12.5. The van der Waals surface area contributed by atoms with Crippen molar-refractivity contribution in [3.05, 3.63) is 41.1 Å². The largest absolute Gasteiger partial charge is 0.310 e. The molecule has 1 saturated heterocycles. The summed E-state index contributed by atoms with van der Waals surface area (Å²) in [7, 11) is 0. The fourth-order valence-corrected chi connectivity index (χ4v) is 2.95. The minimum absolute atomic E-state index is 0.125. The summed E-state index contributed by atoms with van der Waals surface area (Å²) >= 11 is 1.57. The van der Waals surface area contributed by atoms with Crippen LogP contribution in [0.1, 0.15) is 18.5 Å². The van der Waals surface area contributed by atoms with Crippen molar-refractivity contribution < 1.29 is 4.79 Å². The molecule has 0 aromatic carbocycles. The Morgan fingerprint density at radius 1 is 1.50 bits per heavy atom. The summed E-state index contributed by atoms with van der Waals surface area (Å²) in [5.41, 5.74) is 3.67. The number of nitrogens with zero attached hydrogens (tertiary/aromatic N) is 3. The summed E-state index contributed by atoms with van der Waals surface area (Å²) in [5.74, 6) is 0.125. The van der Waals surface area contributed by atoms with Crippen LogP contribution >= 0.6 is 11.3 Å².